The fourth-order valence-electron chi connectivity index (χ4n) is 5.75. The van der Waals surface area contributed by atoms with Gasteiger partial charge in [-0.15, -0.1) is 0 Å². The third kappa shape index (κ3) is 8.03. The molecule has 1 saturated heterocycles. The third-order valence-electron chi connectivity index (χ3n) is 7.59. The molecule has 0 bridgehead atoms. The number of anilines is 1. The quantitative estimate of drug-likeness (QED) is 0.460. The van der Waals surface area contributed by atoms with Gasteiger partial charge in [0.15, 0.2) is 0 Å². The number of alkyl carbamates (subject to hydrolysis) is 1. The SMILES string of the molecule is CC(=O)N1c2ccc(-c3ccc(CN4CCCN(C(=O)OC(C)(C)C)CC4)cc3)cc2[C@H](NC(=O)OC(C)C)C[C@@H]1C. The molecule has 1 N–H and O–H groups in total. The smallest absolute Gasteiger partial charge is 0.410 e. The van der Waals surface area contributed by atoms with Crippen molar-refractivity contribution >= 4 is 23.8 Å². The Morgan fingerprint density at radius 3 is 2.31 bits per heavy atom. The van der Waals surface area contributed by atoms with Gasteiger partial charge in [0.25, 0.3) is 0 Å². The minimum Gasteiger partial charge on any atom is -0.447 e. The number of nitrogens with one attached hydrogen (secondary N) is 1. The van der Waals surface area contributed by atoms with E-state index in [1.54, 1.807) is 11.8 Å². The Kier molecular flexibility index (Phi) is 9.82. The number of hydrogen-bond donors (Lipinski definition) is 1. The summed E-state index contributed by atoms with van der Waals surface area (Å²) in [6.07, 6.45) is 0.587. The van der Waals surface area contributed by atoms with E-state index in [9.17, 15) is 14.4 Å². The Morgan fingerprint density at radius 2 is 1.67 bits per heavy atom. The van der Waals surface area contributed by atoms with Crippen molar-refractivity contribution < 1.29 is 23.9 Å². The van der Waals surface area contributed by atoms with Gasteiger partial charge in [-0.1, -0.05) is 30.3 Å². The maximum absolute atomic E-state index is 12.5. The molecule has 2 heterocycles. The molecule has 42 heavy (non-hydrogen) atoms. The summed E-state index contributed by atoms with van der Waals surface area (Å²) in [6, 6.07) is 14.3. The van der Waals surface area contributed by atoms with Crippen molar-refractivity contribution in [2.45, 2.75) is 91.6 Å². The number of hydrogen-bond acceptors (Lipinski definition) is 6. The summed E-state index contributed by atoms with van der Waals surface area (Å²) < 4.78 is 10.9. The lowest BCUT2D eigenvalue weighted by molar-refractivity contribution is -0.117. The molecule has 0 aliphatic carbocycles. The molecule has 9 heteroatoms. The lowest BCUT2D eigenvalue weighted by Gasteiger charge is -2.39. The molecule has 9 nitrogen and oxygen atoms in total. The summed E-state index contributed by atoms with van der Waals surface area (Å²) >= 11 is 0. The highest BCUT2D eigenvalue weighted by atomic mass is 16.6. The van der Waals surface area contributed by atoms with Crippen LogP contribution >= 0.6 is 0 Å². The molecule has 2 atom stereocenters. The second-order valence-corrected chi connectivity index (χ2v) is 12.7. The summed E-state index contributed by atoms with van der Waals surface area (Å²) in [5.74, 6) is -0.0215. The highest BCUT2D eigenvalue weighted by Gasteiger charge is 2.34. The van der Waals surface area contributed by atoms with E-state index in [1.165, 1.54) is 5.56 Å². The number of nitrogens with zero attached hydrogens (tertiary/aromatic N) is 3. The molecule has 0 spiro atoms. The largest absolute Gasteiger partial charge is 0.447 e. The first-order valence-corrected chi connectivity index (χ1v) is 15.0. The first-order chi connectivity index (χ1) is 19.8. The number of carbonyl (C=O) groups is 3. The summed E-state index contributed by atoms with van der Waals surface area (Å²) in [5, 5.41) is 3.02. The minimum atomic E-state index is -0.495. The Bertz CT molecular complexity index is 1270. The molecule has 1 fully saturated rings. The van der Waals surface area contributed by atoms with Crippen molar-refractivity contribution in [1.82, 2.24) is 15.1 Å². The van der Waals surface area contributed by atoms with Gasteiger partial charge in [-0.05, 0) is 88.8 Å². The fraction of sp³-hybridized carbons (Fsp3) is 0.545. The van der Waals surface area contributed by atoms with Crippen LogP contribution in [-0.2, 0) is 20.8 Å². The lowest BCUT2D eigenvalue weighted by atomic mass is 9.89. The molecular formula is C33H46N4O5. The molecule has 2 aromatic rings. The first kappa shape index (κ1) is 31.3. The maximum Gasteiger partial charge on any atom is 0.410 e. The average Bonchev–Trinajstić information content (AvgIpc) is 3.13. The van der Waals surface area contributed by atoms with Gasteiger partial charge in [-0.2, -0.15) is 0 Å². The predicted molar refractivity (Wildman–Crippen MR) is 164 cm³/mol. The zero-order valence-corrected chi connectivity index (χ0v) is 26.1. The Balaban J connectivity index is 1.47. The van der Waals surface area contributed by atoms with E-state index in [0.717, 1.165) is 48.4 Å². The van der Waals surface area contributed by atoms with Crippen molar-refractivity contribution in [2.75, 3.05) is 31.1 Å². The van der Waals surface area contributed by atoms with E-state index in [4.69, 9.17) is 9.47 Å². The number of rotatable bonds is 5. The van der Waals surface area contributed by atoms with Crippen LogP contribution < -0.4 is 10.2 Å². The second-order valence-electron chi connectivity index (χ2n) is 12.7. The van der Waals surface area contributed by atoms with E-state index in [-0.39, 0.29) is 30.2 Å². The topological polar surface area (TPSA) is 91.4 Å². The predicted octanol–water partition coefficient (Wildman–Crippen LogP) is 6.12. The number of amides is 3. The van der Waals surface area contributed by atoms with Crippen LogP contribution in [0.4, 0.5) is 15.3 Å². The third-order valence-corrected chi connectivity index (χ3v) is 7.59. The Labute approximate surface area is 250 Å². The van der Waals surface area contributed by atoms with E-state index in [1.807, 2.05) is 58.6 Å². The van der Waals surface area contributed by atoms with Gasteiger partial charge in [-0.25, -0.2) is 9.59 Å². The summed E-state index contributed by atoms with van der Waals surface area (Å²) in [6.45, 7) is 16.8. The molecule has 2 aromatic carbocycles. The number of carbonyl (C=O) groups excluding carboxylic acids is 3. The van der Waals surface area contributed by atoms with Gasteiger partial charge in [0.1, 0.15) is 5.60 Å². The zero-order valence-electron chi connectivity index (χ0n) is 26.1. The molecule has 0 radical (unpaired) electrons. The molecule has 0 aromatic heterocycles. The molecular weight excluding hydrogens is 532 g/mol. The number of fused-ring (bicyclic) bond motifs is 1. The summed E-state index contributed by atoms with van der Waals surface area (Å²) in [5.41, 5.74) is 4.51. The molecule has 2 aliphatic heterocycles. The molecule has 0 unspecified atom stereocenters. The van der Waals surface area contributed by atoms with Crippen molar-refractivity contribution in [3.63, 3.8) is 0 Å². The van der Waals surface area contributed by atoms with Crippen LogP contribution in [0.15, 0.2) is 42.5 Å². The van der Waals surface area contributed by atoms with Crippen molar-refractivity contribution in [2.24, 2.45) is 0 Å². The first-order valence-electron chi connectivity index (χ1n) is 15.0. The van der Waals surface area contributed by atoms with Crippen LogP contribution in [0, 0.1) is 0 Å². The number of benzene rings is 2. The van der Waals surface area contributed by atoms with Crippen LogP contribution in [0.25, 0.3) is 11.1 Å². The van der Waals surface area contributed by atoms with Gasteiger partial charge in [0.2, 0.25) is 5.91 Å². The van der Waals surface area contributed by atoms with Gasteiger partial charge in [0, 0.05) is 51.4 Å². The summed E-state index contributed by atoms with van der Waals surface area (Å²) in [4.78, 5) is 43.5. The van der Waals surface area contributed by atoms with E-state index >= 15 is 0 Å². The van der Waals surface area contributed by atoms with Gasteiger partial charge in [0.05, 0.1) is 12.1 Å². The highest BCUT2D eigenvalue weighted by molar-refractivity contribution is 5.94. The molecule has 3 amide bonds. The van der Waals surface area contributed by atoms with Crippen LogP contribution in [0.1, 0.15) is 78.5 Å². The normalized spacial score (nSPS) is 19.6. The average molecular weight is 579 g/mol. The molecule has 228 valence electrons. The van der Waals surface area contributed by atoms with E-state index in [2.05, 4.69) is 40.5 Å². The van der Waals surface area contributed by atoms with E-state index < -0.39 is 11.7 Å². The Hall–Kier alpha value is -3.59. The van der Waals surface area contributed by atoms with Crippen LogP contribution in [0.5, 0.6) is 0 Å². The summed E-state index contributed by atoms with van der Waals surface area (Å²) in [7, 11) is 0. The van der Waals surface area contributed by atoms with Gasteiger partial charge >= 0.3 is 12.2 Å². The van der Waals surface area contributed by atoms with E-state index in [0.29, 0.717) is 19.5 Å². The van der Waals surface area contributed by atoms with Crippen LogP contribution in [-0.4, -0.2) is 71.8 Å². The maximum atomic E-state index is 12.5. The highest BCUT2D eigenvalue weighted by Crippen LogP contribution is 2.39. The van der Waals surface area contributed by atoms with Crippen molar-refractivity contribution in [1.29, 1.82) is 0 Å². The van der Waals surface area contributed by atoms with Gasteiger partial charge in [-0.3, -0.25) is 9.69 Å². The van der Waals surface area contributed by atoms with Crippen LogP contribution in [0.3, 0.4) is 0 Å². The number of ether oxygens (including phenoxy) is 2. The van der Waals surface area contributed by atoms with Crippen molar-refractivity contribution in [3.05, 3.63) is 53.6 Å². The lowest BCUT2D eigenvalue weighted by Crippen LogP contribution is -2.45. The second kappa shape index (κ2) is 13.2. The zero-order chi connectivity index (χ0) is 30.6. The monoisotopic (exact) mass is 578 g/mol. The standard InChI is InChI=1S/C33H46N4O5/c1-22(2)41-31(39)34-29-19-23(3)37(24(4)38)30-14-13-27(20-28(29)30)26-11-9-25(10-12-26)21-35-15-8-16-36(18-17-35)32(40)42-33(5,6)7/h9-14,20,22-23,29H,8,15-19,21H2,1-7H3,(H,34,39)/t23-,29+/m0/s1. The molecule has 2 aliphatic rings. The molecule has 0 saturated carbocycles. The molecule has 4 rings (SSSR count). The van der Waals surface area contributed by atoms with Crippen molar-refractivity contribution in [3.8, 4) is 11.1 Å². The minimum absolute atomic E-state index is 0.0215. The Morgan fingerprint density at radius 1 is 0.976 bits per heavy atom. The van der Waals surface area contributed by atoms with Crippen LogP contribution in [0.2, 0.25) is 0 Å². The van der Waals surface area contributed by atoms with Gasteiger partial charge < -0.3 is 24.6 Å². The fourth-order valence-corrected chi connectivity index (χ4v) is 5.75.